The van der Waals surface area contributed by atoms with Crippen LogP contribution in [0, 0.1) is 6.92 Å². The third kappa shape index (κ3) is 5.24. The largest absolute Gasteiger partial charge is 0.492 e. The van der Waals surface area contributed by atoms with E-state index in [1.807, 2.05) is 43.3 Å². The molecule has 0 atom stereocenters. The molecule has 0 fully saturated rings. The van der Waals surface area contributed by atoms with Gasteiger partial charge in [0.2, 0.25) is 5.91 Å². The van der Waals surface area contributed by atoms with Crippen LogP contribution in [0.4, 0.5) is 0 Å². The topological polar surface area (TPSA) is 38.3 Å². The van der Waals surface area contributed by atoms with Crippen molar-refractivity contribution in [1.82, 2.24) is 5.32 Å². The fourth-order valence-corrected chi connectivity index (χ4v) is 2.13. The Labute approximate surface area is 132 Å². The fraction of sp³-hybridized carbons (Fsp3) is 0.316. The maximum atomic E-state index is 11.9. The summed E-state index contributed by atoms with van der Waals surface area (Å²) in [5.74, 6) is 0.853. The van der Waals surface area contributed by atoms with Crippen LogP contribution in [0.5, 0.6) is 5.75 Å². The van der Waals surface area contributed by atoms with Crippen molar-refractivity contribution in [3.8, 4) is 5.75 Å². The normalized spacial score (nSPS) is 10.3. The number of carbonyl (C=O) groups excluding carboxylic acids is 1. The van der Waals surface area contributed by atoms with Gasteiger partial charge in [0.05, 0.1) is 13.0 Å². The zero-order valence-electron chi connectivity index (χ0n) is 13.3. The summed E-state index contributed by atoms with van der Waals surface area (Å²) in [6.07, 6.45) is 1.43. The standard InChI is InChI=1S/C19H23NO2/c1-3-16-6-8-17(9-7-16)14-19(21)20-12-13-22-18-10-4-15(2)5-11-18/h4-11H,3,12-14H2,1-2H3,(H,20,21). The molecule has 3 nitrogen and oxygen atoms in total. The van der Waals surface area contributed by atoms with E-state index in [9.17, 15) is 4.79 Å². The van der Waals surface area contributed by atoms with Gasteiger partial charge in [-0.3, -0.25) is 4.79 Å². The summed E-state index contributed by atoms with van der Waals surface area (Å²) >= 11 is 0. The number of ether oxygens (including phenoxy) is 1. The van der Waals surface area contributed by atoms with E-state index in [1.165, 1.54) is 11.1 Å². The summed E-state index contributed by atoms with van der Waals surface area (Å²) < 4.78 is 5.58. The minimum Gasteiger partial charge on any atom is -0.492 e. The zero-order valence-corrected chi connectivity index (χ0v) is 13.3. The van der Waals surface area contributed by atoms with Crippen molar-refractivity contribution in [1.29, 1.82) is 0 Å². The Kier molecular flexibility index (Phi) is 6.01. The fourth-order valence-electron chi connectivity index (χ4n) is 2.13. The summed E-state index contributed by atoms with van der Waals surface area (Å²) in [7, 11) is 0. The van der Waals surface area contributed by atoms with Crippen molar-refractivity contribution in [2.24, 2.45) is 0 Å². The molecule has 3 heteroatoms. The van der Waals surface area contributed by atoms with Gasteiger partial charge in [-0.05, 0) is 36.6 Å². The third-order valence-corrected chi connectivity index (χ3v) is 3.51. The quantitative estimate of drug-likeness (QED) is 0.796. The van der Waals surface area contributed by atoms with Crippen LogP contribution < -0.4 is 10.1 Å². The van der Waals surface area contributed by atoms with Crippen LogP contribution in [0.1, 0.15) is 23.6 Å². The van der Waals surface area contributed by atoms with Gasteiger partial charge in [0.1, 0.15) is 12.4 Å². The maximum absolute atomic E-state index is 11.9. The number of benzene rings is 2. The number of nitrogens with one attached hydrogen (secondary N) is 1. The van der Waals surface area contributed by atoms with Crippen molar-refractivity contribution in [3.05, 3.63) is 65.2 Å². The smallest absolute Gasteiger partial charge is 0.224 e. The first-order valence-electron chi connectivity index (χ1n) is 7.71. The molecule has 0 radical (unpaired) electrons. The number of carbonyl (C=O) groups is 1. The summed E-state index contributed by atoms with van der Waals surface area (Å²) in [6, 6.07) is 16.1. The van der Waals surface area contributed by atoms with Gasteiger partial charge >= 0.3 is 0 Å². The highest BCUT2D eigenvalue weighted by Gasteiger charge is 2.03. The maximum Gasteiger partial charge on any atom is 0.224 e. The highest BCUT2D eigenvalue weighted by molar-refractivity contribution is 5.78. The monoisotopic (exact) mass is 297 g/mol. The van der Waals surface area contributed by atoms with Crippen LogP contribution in [-0.4, -0.2) is 19.1 Å². The Morgan fingerprint density at radius 1 is 1.00 bits per heavy atom. The van der Waals surface area contributed by atoms with Gasteiger partial charge in [-0.15, -0.1) is 0 Å². The lowest BCUT2D eigenvalue weighted by Crippen LogP contribution is -2.29. The van der Waals surface area contributed by atoms with Crippen molar-refractivity contribution in [2.45, 2.75) is 26.7 Å². The molecule has 0 saturated carbocycles. The van der Waals surface area contributed by atoms with Gasteiger partial charge in [-0.1, -0.05) is 48.9 Å². The Balaban J connectivity index is 1.67. The number of rotatable bonds is 7. The van der Waals surface area contributed by atoms with Crippen LogP contribution in [0.2, 0.25) is 0 Å². The van der Waals surface area contributed by atoms with E-state index in [4.69, 9.17) is 4.74 Å². The van der Waals surface area contributed by atoms with Gasteiger partial charge in [-0.2, -0.15) is 0 Å². The minimum absolute atomic E-state index is 0.0248. The van der Waals surface area contributed by atoms with E-state index < -0.39 is 0 Å². The van der Waals surface area contributed by atoms with E-state index in [2.05, 4.69) is 24.4 Å². The third-order valence-electron chi connectivity index (χ3n) is 3.51. The van der Waals surface area contributed by atoms with Crippen LogP contribution in [-0.2, 0) is 17.6 Å². The van der Waals surface area contributed by atoms with Gasteiger partial charge < -0.3 is 10.1 Å². The van der Waals surface area contributed by atoms with E-state index >= 15 is 0 Å². The van der Waals surface area contributed by atoms with Gasteiger partial charge in [0, 0.05) is 0 Å². The first-order chi connectivity index (χ1) is 10.7. The predicted molar refractivity (Wildman–Crippen MR) is 89.2 cm³/mol. The molecule has 22 heavy (non-hydrogen) atoms. The highest BCUT2D eigenvalue weighted by Crippen LogP contribution is 2.10. The molecule has 0 bridgehead atoms. The number of hydrogen-bond donors (Lipinski definition) is 1. The Morgan fingerprint density at radius 3 is 2.27 bits per heavy atom. The average Bonchev–Trinajstić information content (AvgIpc) is 2.54. The first-order valence-corrected chi connectivity index (χ1v) is 7.71. The van der Waals surface area contributed by atoms with E-state index in [-0.39, 0.29) is 5.91 Å². The molecule has 0 saturated heterocycles. The Bertz CT molecular complexity index is 588. The number of aryl methyl sites for hydroxylation is 2. The Morgan fingerprint density at radius 2 is 1.64 bits per heavy atom. The van der Waals surface area contributed by atoms with Crippen molar-refractivity contribution >= 4 is 5.91 Å². The van der Waals surface area contributed by atoms with E-state index in [0.717, 1.165) is 17.7 Å². The van der Waals surface area contributed by atoms with Gasteiger partial charge in [-0.25, -0.2) is 0 Å². The molecule has 0 aromatic heterocycles. The molecule has 0 aliphatic carbocycles. The van der Waals surface area contributed by atoms with Gasteiger partial charge in [0.25, 0.3) is 0 Å². The van der Waals surface area contributed by atoms with E-state index in [1.54, 1.807) is 0 Å². The summed E-state index contributed by atoms with van der Waals surface area (Å²) in [6.45, 7) is 5.15. The lowest BCUT2D eigenvalue weighted by molar-refractivity contribution is -0.120. The minimum atomic E-state index is 0.0248. The Hall–Kier alpha value is -2.29. The van der Waals surface area contributed by atoms with Crippen molar-refractivity contribution in [3.63, 3.8) is 0 Å². The van der Waals surface area contributed by atoms with Crippen LogP contribution in [0.25, 0.3) is 0 Å². The van der Waals surface area contributed by atoms with Crippen LogP contribution in [0.3, 0.4) is 0 Å². The lowest BCUT2D eigenvalue weighted by atomic mass is 10.1. The van der Waals surface area contributed by atoms with Crippen LogP contribution in [0.15, 0.2) is 48.5 Å². The SMILES string of the molecule is CCc1ccc(CC(=O)NCCOc2ccc(C)cc2)cc1. The number of amides is 1. The first kappa shape index (κ1) is 16.1. The molecule has 2 rings (SSSR count). The molecule has 2 aromatic carbocycles. The molecular formula is C19H23NO2. The molecule has 0 unspecified atom stereocenters. The predicted octanol–water partition coefficient (Wildman–Crippen LogP) is 3.30. The number of hydrogen-bond acceptors (Lipinski definition) is 2. The molecule has 1 N–H and O–H groups in total. The molecule has 0 aliphatic rings. The lowest BCUT2D eigenvalue weighted by Gasteiger charge is -2.08. The molecule has 0 spiro atoms. The molecule has 0 heterocycles. The van der Waals surface area contributed by atoms with Crippen LogP contribution >= 0.6 is 0 Å². The molecule has 1 amide bonds. The second-order valence-electron chi connectivity index (χ2n) is 5.36. The second-order valence-corrected chi connectivity index (χ2v) is 5.36. The summed E-state index contributed by atoms with van der Waals surface area (Å²) in [5.41, 5.74) is 3.53. The van der Waals surface area contributed by atoms with Crippen molar-refractivity contribution in [2.75, 3.05) is 13.2 Å². The summed E-state index contributed by atoms with van der Waals surface area (Å²) in [4.78, 5) is 11.9. The molecule has 0 aliphatic heterocycles. The molecular weight excluding hydrogens is 274 g/mol. The van der Waals surface area contributed by atoms with E-state index in [0.29, 0.717) is 19.6 Å². The van der Waals surface area contributed by atoms with Gasteiger partial charge in [0.15, 0.2) is 0 Å². The summed E-state index contributed by atoms with van der Waals surface area (Å²) in [5, 5.41) is 2.88. The zero-order chi connectivity index (χ0) is 15.8. The average molecular weight is 297 g/mol. The van der Waals surface area contributed by atoms with Crippen molar-refractivity contribution < 1.29 is 9.53 Å². The molecule has 116 valence electrons. The second kappa shape index (κ2) is 8.23. The molecule has 2 aromatic rings. The highest BCUT2D eigenvalue weighted by atomic mass is 16.5.